The number of ether oxygens (including phenoxy) is 1. The minimum absolute atomic E-state index is 0.296. The molecule has 0 radical (unpaired) electrons. The van der Waals surface area contributed by atoms with Crippen molar-refractivity contribution in [3.63, 3.8) is 0 Å². The van der Waals surface area contributed by atoms with Gasteiger partial charge in [0.05, 0.1) is 16.8 Å². The van der Waals surface area contributed by atoms with E-state index >= 15 is 0 Å². The van der Waals surface area contributed by atoms with E-state index in [0.29, 0.717) is 28.3 Å². The average molecular weight is 408 g/mol. The first-order valence-electron chi connectivity index (χ1n) is 8.06. The number of carbonyl (C=O) groups excluding carboxylic acids is 2. The maximum atomic E-state index is 12.6. The van der Waals surface area contributed by atoms with E-state index in [-0.39, 0.29) is 11.8 Å². The Kier molecular flexibility index (Phi) is 4.09. The number of hydrogen-bond acceptors (Lipinski definition) is 3. The smallest absolute Gasteiger partial charge is 0.266 e. The van der Waals surface area contributed by atoms with Gasteiger partial charge in [-0.05, 0) is 67.1 Å². The van der Waals surface area contributed by atoms with E-state index in [2.05, 4.69) is 15.9 Å². The van der Waals surface area contributed by atoms with Gasteiger partial charge in [-0.25, -0.2) is 4.90 Å². The summed E-state index contributed by atoms with van der Waals surface area (Å²) < 4.78 is 6.81. The van der Waals surface area contributed by atoms with Crippen molar-refractivity contribution in [2.45, 2.75) is 6.92 Å². The molecule has 128 valence electrons. The second-order valence-electron chi connectivity index (χ2n) is 6.00. The Morgan fingerprint density at radius 3 is 1.96 bits per heavy atom. The van der Waals surface area contributed by atoms with Crippen LogP contribution in [0.15, 0.2) is 71.2 Å². The zero-order chi connectivity index (χ0) is 18.3. The third-order valence-electron chi connectivity index (χ3n) is 4.25. The summed E-state index contributed by atoms with van der Waals surface area (Å²) in [6.07, 6.45) is 0. The molecular formula is C21H14BrNO3. The number of aryl methyl sites for hydroxylation is 1. The number of hydrogen-bond donors (Lipinski definition) is 0. The minimum atomic E-state index is -0.296. The van der Waals surface area contributed by atoms with E-state index in [1.165, 1.54) is 4.90 Å². The van der Waals surface area contributed by atoms with Gasteiger partial charge in [0, 0.05) is 4.47 Å². The second-order valence-corrected chi connectivity index (χ2v) is 6.91. The third-order valence-corrected chi connectivity index (χ3v) is 4.78. The van der Waals surface area contributed by atoms with Crippen molar-refractivity contribution in [2.24, 2.45) is 0 Å². The van der Waals surface area contributed by atoms with Crippen molar-refractivity contribution in [1.82, 2.24) is 0 Å². The molecule has 3 aromatic rings. The summed E-state index contributed by atoms with van der Waals surface area (Å²) in [5.41, 5.74) is 2.23. The molecule has 4 rings (SSSR count). The molecule has 5 heteroatoms. The van der Waals surface area contributed by atoms with Crippen molar-refractivity contribution < 1.29 is 14.3 Å². The summed E-state index contributed by atoms with van der Waals surface area (Å²) in [5.74, 6) is 0.761. The number of nitrogens with zero attached hydrogens (tertiary/aromatic N) is 1. The molecule has 0 fully saturated rings. The Morgan fingerprint density at radius 1 is 0.808 bits per heavy atom. The highest BCUT2D eigenvalue weighted by molar-refractivity contribution is 9.10. The highest BCUT2D eigenvalue weighted by atomic mass is 79.9. The Morgan fingerprint density at radius 2 is 1.38 bits per heavy atom. The topological polar surface area (TPSA) is 46.6 Å². The highest BCUT2D eigenvalue weighted by Crippen LogP contribution is 2.33. The normalized spacial score (nSPS) is 13.1. The fraction of sp³-hybridized carbons (Fsp3) is 0.0476. The molecular weight excluding hydrogens is 394 g/mol. The quantitative estimate of drug-likeness (QED) is 0.549. The zero-order valence-corrected chi connectivity index (χ0v) is 15.5. The van der Waals surface area contributed by atoms with Crippen LogP contribution in [0, 0.1) is 6.92 Å². The van der Waals surface area contributed by atoms with Crippen LogP contribution in [0.3, 0.4) is 0 Å². The predicted octanol–water partition coefficient (Wildman–Crippen LogP) is 5.35. The van der Waals surface area contributed by atoms with Gasteiger partial charge in [-0.2, -0.15) is 0 Å². The van der Waals surface area contributed by atoms with E-state index in [4.69, 9.17) is 4.74 Å². The molecule has 0 saturated carbocycles. The second kappa shape index (κ2) is 6.42. The van der Waals surface area contributed by atoms with Crippen LogP contribution >= 0.6 is 15.9 Å². The number of carbonyl (C=O) groups is 2. The van der Waals surface area contributed by atoms with Crippen LogP contribution in [0.5, 0.6) is 11.5 Å². The molecule has 0 spiro atoms. The third kappa shape index (κ3) is 2.80. The number of amides is 2. The summed E-state index contributed by atoms with van der Waals surface area (Å²) in [5, 5.41) is 0. The minimum Gasteiger partial charge on any atom is -0.457 e. The molecule has 1 heterocycles. The number of rotatable bonds is 3. The summed E-state index contributed by atoms with van der Waals surface area (Å²) in [6, 6.07) is 19.7. The first-order chi connectivity index (χ1) is 12.5. The van der Waals surface area contributed by atoms with Crippen LogP contribution in [0.1, 0.15) is 26.3 Å². The number of halogens is 1. The van der Waals surface area contributed by atoms with Gasteiger partial charge < -0.3 is 4.74 Å². The van der Waals surface area contributed by atoms with E-state index in [1.54, 1.807) is 36.4 Å². The molecule has 0 aliphatic carbocycles. The van der Waals surface area contributed by atoms with Gasteiger partial charge in [0.2, 0.25) is 0 Å². The van der Waals surface area contributed by atoms with E-state index in [9.17, 15) is 9.59 Å². The van der Waals surface area contributed by atoms with Crippen molar-refractivity contribution >= 4 is 33.4 Å². The van der Waals surface area contributed by atoms with Gasteiger partial charge in [0.25, 0.3) is 11.8 Å². The van der Waals surface area contributed by atoms with Gasteiger partial charge in [0.15, 0.2) is 0 Å². The molecule has 4 nitrogen and oxygen atoms in total. The molecule has 1 aliphatic rings. The van der Waals surface area contributed by atoms with Crippen molar-refractivity contribution in [3.05, 3.63) is 87.9 Å². The maximum Gasteiger partial charge on any atom is 0.266 e. The Hall–Kier alpha value is -2.92. The Labute approximate surface area is 159 Å². The van der Waals surface area contributed by atoms with Crippen LogP contribution in [0.2, 0.25) is 0 Å². The lowest BCUT2D eigenvalue weighted by Gasteiger charge is -2.17. The zero-order valence-electron chi connectivity index (χ0n) is 13.9. The molecule has 0 bridgehead atoms. The monoisotopic (exact) mass is 407 g/mol. The largest absolute Gasteiger partial charge is 0.457 e. The molecule has 1 aliphatic heterocycles. The van der Waals surface area contributed by atoms with Crippen LogP contribution in [-0.2, 0) is 0 Å². The number of benzene rings is 3. The molecule has 2 amide bonds. The molecule has 0 atom stereocenters. The van der Waals surface area contributed by atoms with Crippen LogP contribution in [0.4, 0.5) is 5.69 Å². The van der Waals surface area contributed by atoms with E-state index < -0.39 is 0 Å². The number of fused-ring (bicyclic) bond motifs is 1. The Bertz CT molecular complexity index is 993. The highest BCUT2D eigenvalue weighted by Gasteiger charge is 2.36. The van der Waals surface area contributed by atoms with Gasteiger partial charge in [-0.1, -0.05) is 28.1 Å². The summed E-state index contributed by atoms with van der Waals surface area (Å²) in [6.45, 7) is 1.85. The lowest BCUT2D eigenvalue weighted by atomic mass is 10.1. The molecule has 0 saturated heterocycles. The Balaban J connectivity index is 1.64. The molecule has 3 aromatic carbocycles. The molecule has 0 unspecified atom stereocenters. The fourth-order valence-corrected chi connectivity index (χ4v) is 3.25. The lowest BCUT2D eigenvalue weighted by molar-refractivity contribution is 0.0926. The first kappa shape index (κ1) is 16.5. The average Bonchev–Trinajstić information content (AvgIpc) is 2.89. The van der Waals surface area contributed by atoms with Gasteiger partial charge in [-0.15, -0.1) is 0 Å². The molecule has 0 aromatic heterocycles. The predicted molar refractivity (Wildman–Crippen MR) is 103 cm³/mol. The summed E-state index contributed by atoms with van der Waals surface area (Å²) >= 11 is 3.39. The van der Waals surface area contributed by atoms with Crippen LogP contribution < -0.4 is 9.64 Å². The van der Waals surface area contributed by atoms with Crippen molar-refractivity contribution in [2.75, 3.05) is 4.90 Å². The summed E-state index contributed by atoms with van der Waals surface area (Å²) in [4.78, 5) is 26.5. The standard InChI is InChI=1S/C21H14BrNO3/c1-13-12-16(26-15-8-6-14(22)7-9-15)10-11-19(13)23-20(24)17-4-2-3-5-18(17)21(23)25/h2-12H,1H3. The number of imide groups is 1. The first-order valence-corrected chi connectivity index (χ1v) is 8.86. The van der Waals surface area contributed by atoms with Gasteiger partial charge in [0.1, 0.15) is 11.5 Å². The van der Waals surface area contributed by atoms with Gasteiger partial charge in [-0.3, -0.25) is 9.59 Å². The molecule has 0 N–H and O–H groups in total. The van der Waals surface area contributed by atoms with E-state index in [0.717, 1.165) is 10.0 Å². The van der Waals surface area contributed by atoms with Crippen molar-refractivity contribution in [3.8, 4) is 11.5 Å². The van der Waals surface area contributed by atoms with Gasteiger partial charge >= 0.3 is 0 Å². The fourth-order valence-electron chi connectivity index (χ4n) is 2.99. The van der Waals surface area contributed by atoms with E-state index in [1.807, 2.05) is 37.3 Å². The number of anilines is 1. The van der Waals surface area contributed by atoms with Crippen molar-refractivity contribution in [1.29, 1.82) is 0 Å². The van der Waals surface area contributed by atoms with Crippen LogP contribution in [0.25, 0.3) is 0 Å². The lowest BCUT2D eigenvalue weighted by Crippen LogP contribution is -2.30. The summed E-state index contributed by atoms with van der Waals surface area (Å²) in [7, 11) is 0. The maximum absolute atomic E-state index is 12.6. The molecule has 26 heavy (non-hydrogen) atoms. The SMILES string of the molecule is Cc1cc(Oc2ccc(Br)cc2)ccc1N1C(=O)c2ccccc2C1=O. The van der Waals surface area contributed by atoms with Crippen LogP contribution in [-0.4, -0.2) is 11.8 Å².